The minimum absolute atomic E-state index is 0.413. The fourth-order valence-corrected chi connectivity index (χ4v) is 2.71. The second kappa shape index (κ2) is 6.48. The number of methoxy groups -OCH3 is 1. The maximum absolute atomic E-state index is 10.7. The van der Waals surface area contributed by atoms with Crippen LogP contribution in [0, 0.1) is 0 Å². The number of aryl methyl sites for hydroxylation is 1. The lowest BCUT2D eigenvalue weighted by atomic mass is 10.1. The summed E-state index contributed by atoms with van der Waals surface area (Å²) in [4.78, 5) is 0. The second-order valence-electron chi connectivity index (χ2n) is 4.36. The quantitative estimate of drug-likeness (QED) is 0.915. The van der Waals surface area contributed by atoms with E-state index < -0.39 is 6.10 Å². The number of hydrogen-bond acceptors (Lipinski definition) is 3. The molecule has 1 heterocycles. The van der Waals surface area contributed by atoms with E-state index >= 15 is 0 Å². The average Bonchev–Trinajstić information content (AvgIpc) is 2.81. The molecule has 1 N–H and O–H groups in total. The van der Waals surface area contributed by atoms with Crippen molar-refractivity contribution < 1.29 is 9.84 Å². The molecule has 1 aromatic heterocycles. The van der Waals surface area contributed by atoms with Gasteiger partial charge in [-0.15, -0.1) is 0 Å². The highest BCUT2D eigenvalue weighted by Crippen LogP contribution is 2.37. The molecule has 0 fully saturated rings. The number of rotatable bonds is 5. The van der Waals surface area contributed by atoms with Gasteiger partial charge in [0, 0.05) is 22.2 Å². The summed E-state index contributed by atoms with van der Waals surface area (Å²) in [7, 11) is 1.54. The van der Waals surface area contributed by atoms with Gasteiger partial charge in [-0.1, -0.05) is 36.2 Å². The van der Waals surface area contributed by atoms with Gasteiger partial charge in [-0.25, -0.2) is 0 Å². The Morgan fingerprint density at radius 3 is 2.55 bits per heavy atom. The average molecular weight is 315 g/mol. The first kappa shape index (κ1) is 15.2. The van der Waals surface area contributed by atoms with Gasteiger partial charge in [-0.05, 0) is 18.6 Å². The van der Waals surface area contributed by atoms with E-state index in [1.165, 1.54) is 7.11 Å². The van der Waals surface area contributed by atoms with Gasteiger partial charge in [0.2, 0.25) is 0 Å². The van der Waals surface area contributed by atoms with Crippen LogP contribution in [0.2, 0.25) is 10.0 Å². The highest BCUT2D eigenvalue weighted by Gasteiger charge is 2.25. The van der Waals surface area contributed by atoms with Crippen LogP contribution in [0.4, 0.5) is 0 Å². The Bertz CT molecular complexity index is 579. The SMILES string of the molecule is CCCn1ncc(OC)c1C(O)c1c(Cl)cccc1Cl. The molecule has 108 valence electrons. The van der Waals surface area contributed by atoms with Crippen LogP contribution in [0.3, 0.4) is 0 Å². The van der Waals surface area contributed by atoms with E-state index in [1.54, 1.807) is 29.1 Å². The van der Waals surface area contributed by atoms with Crippen LogP contribution in [0.25, 0.3) is 0 Å². The van der Waals surface area contributed by atoms with E-state index in [2.05, 4.69) is 5.10 Å². The zero-order valence-electron chi connectivity index (χ0n) is 11.3. The molecule has 6 heteroatoms. The number of nitrogens with zero attached hydrogens (tertiary/aromatic N) is 2. The molecule has 2 rings (SSSR count). The first-order valence-corrected chi connectivity index (χ1v) is 7.07. The van der Waals surface area contributed by atoms with Crippen LogP contribution in [-0.4, -0.2) is 22.0 Å². The summed E-state index contributed by atoms with van der Waals surface area (Å²) in [5.41, 5.74) is 1.02. The molecule has 0 aliphatic heterocycles. The van der Waals surface area contributed by atoms with Crippen LogP contribution in [0.15, 0.2) is 24.4 Å². The maximum Gasteiger partial charge on any atom is 0.163 e. The Morgan fingerprint density at radius 1 is 1.35 bits per heavy atom. The molecule has 20 heavy (non-hydrogen) atoms. The van der Waals surface area contributed by atoms with Crippen molar-refractivity contribution in [2.75, 3.05) is 7.11 Å². The number of hydrogen-bond donors (Lipinski definition) is 1. The second-order valence-corrected chi connectivity index (χ2v) is 5.17. The number of aliphatic hydroxyl groups is 1. The fraction of sp³-hybridized carbons (Fsp3) is 0.357. The molecule has 2 aromatic rings. The van der Waals surface area contributed by atoms with E-state index in [0.717, 1.165) is 6.42 Å². The molecule has 0 saturated heterocycles. The van der Waals surface area contributed by atoms with Crippen LogP contribution < -0.4 is 4.74 Å². The molecule has 4 nitrogen and oxygen atoms in total. The monoisotopic (exact) mass is 314 g/mol. The summed E-state index contributed by atoms with van der Waals surface area (Å²) < 4.78 is 6.98. The molecule has 1 atom stereocenters. The van der Waals surface area contributed by atoms with Gasteiger partial charge < -0.3 is 9.84 Å². The van der Waals surface area contributed by atoms with Gasteiger partial charge in [0.25, 0.3) is 0 Å². The highest BCUT2D eigenvalue weighted by molar-refractivity contribution is 6.36. The topological polar surface area (TPSA) is 47.3 Å². The van der Waals surface area contributed by atoms with Crippen LogP contribution in [-0.2, 0) is 6.54 Å². The van der Waals surface area contributed by atoms with Crippen molar-refractivity contribution >= 4 is 23.2 Å². The van der Waals surface area contributed by atoms with Crippen molar-refractivity contribution in [3.63, 3.8) is 0 Å². The molecular formula is C14H16Cl2N2O2. The third kappa shape index (κ3) is 2.77. The molecule has 0 saturated carbocycles. The number of halogens is 2. The van der Waals surface area contributed by atoms with Gasteiger partial charge in [0.15, 0.2) is 5.75 Å². The summed E-state index contributed by atoms with van der Waals surface area (Å²) >= 11 is 12.3. The van der Waals surface area contributed by atoms with Crippen molar-refractivity contribution in [2.24, 2.45) is 0 Å². The number of ether oxygens (including phenoxy) is 1. The lowest BCUT2D eigenvalue weighted by Crippen LogP contribution is -2.12. The molecule has 0 radical (unpaired) electrons. The molecule has 0 aliphatic carbocycles. The predicted octanol–water partition coefficient (Wildman–Crippen LogP) is 3.69. The van der Waals surface area contributed by atoms with Gasteiger partial charge in [-0.3, -0.25) is 4.68 Å². The Balaban J connectivity index is 2.52. The minimum Gasteiger partial charge on any atom is -0.493 e. The van der Waals surface area contributed by atoms with Crippen molar-refractivity contribution in [3.05, 3.63) is 45.7 Å². The lowest BCUT2D eigenvalue weighted by molar-refractivity contribution is 0.202. The molecular weight excluding hydrogens is 299 g/mol. The first-order chi connectivity index (χ1) is 9.60. The summed E-state index contributed by atoms with van der Waals surface area (Å²) in [5, 5.41) is 15.7. The van der Waals surface area contributed by atoms with Gasteiger partial charge >= 0.3 is 0 Å². The molecule has 0 aliphatic rings. The van der Waals surface area contributed by atoms with E-state index in [-0.39, 0.29) is 0 Å². The van der Waals surface area contributed by atoms with Crippen molar-refractivity contribution in [1.29, 1.82) is 0 Å². The fourth-order valence-electron chi connectivity index (χ4n) is 2.11. The number of benzene rings is 1. The van der Waals surface area contributed by atoms with Gasteiger partial charge in [0.05, 0.1) is 13.3 Å². The minimum atomic E-state index is -0.986. The van der Waals surface area contributed by atoms with E-state index in [4.69, 9.17) is 27.9 Å². The summed E-state index contributed by atoms with van der Waals surface area (Å²) in [6.07, 6.45) is 1.49. The Labute approximate surface area is 127 Å². The molecule has 1 aromatic carbocycles. The standard InChI is InChI=1S/C14H16Cl2N2O2/c1-3-7-18-13(11(20-2)8-17-18)14(19)12-9(15)5-4-6-10(12)16/h4-6,8,14,19H,3,7H2,1-2H3. The summed E-state index contributed by atoms with van der Waals surface area (Å²) in [6, 6.07) is 5.12. The lowest BCUT2D eigenvalue weighted by Gasteiger charge is -2.17. The van der Waals surface area contributed by atoms with E-state index in [1.807, 2.05) is 6.92 Å². The third-order valence-corrected chi connectivity index (χ3v) is 3.69. The zero-order chi connectivity index (χ0) is 14.7. The van der Waals surface area contributed by atoms with E-state index in [9.17, 15) is 5.11 Å². The van der Waals surface area contributed by atoms with Gasteiger partial charge in [-0.2, -0.15) is 5.10 Å². The van der Waals surface area contributed by atoms with Crippen LogP contribution >= 0.6 is 23.2 Å². The summed E-state index contributed by atoms with van der Waals surface area (Å²) in [6.45, 7) is 2.71. The Kier molecular flexibility index (Phi) is 4.91. The Morgan fingerprint density at radius 2 is 2.00 bits per heavy atom. The van der Waals surface area contributed by atoms with Gasteiger partial charge in [0.1, 0.15) is 11.8 Å². The van der Waals surface area contributed by atoms with Crippen molar-refractivity contribution in [1.82, 2.24) is 9.78 Å². The molecule has 0 bridgehead atoms. The highest BCUT2D eigenvalue weighted by atomic mass is 35.5. The van der Waals surface area contributed by atoms with Crippen molar-refractivity contribution in [2.45, 2.75) is 26.0 Å². The van der Waals surface area contributed by atoms with Crippen LogP contribution in [0.1, 0.15) is 30.7 Å². The molecule has 1 unspecified atom stereocenters. The third-order valence-electron chi connectivity index (χ3n) is 3.03. The molecule has 0 amide bonds. The summed E-state index contributed by atoms with van der Waals surface area (Å²) in [5.74, 6) is 0.516. The number of aliphatic hydroxyl groups excluding tert-OH is 1. The Hall–Kier alpha value is -1.23. The molecule has 0 spiro atoms. The zero-order valence-corrected chi connectivity index (χ0v) is 12.8. The smallest absolute Gasteiger partial charge is 0.163 e. The normalized spacial score (nSPS) is 12.4. The van der Waals surface area contributed by atoms with Crippen LogP contribution in [0.5, 0.6) is 5.75 Å². The first-order valence-electron chi connectivity index (χ1n) is 6.31. The van der Waals surface area contributed by atoms with E-state index in [0.29, 0.717) is 33.6 Å². The number of aromatic nitrogens is 2. The predicted molar refractivity (Wildman–Crippen MR) is 79.6 cm³/mol. The largest absolute Gasteiger partial charge is 0.493 e. The van der Waals surface area contributed by atoms with Crippen molar-refractivity contribution in [3.8, 4) is 5.75 Å². The maximum atomic E-state index is 10.7.